The van der Waals surface area contributed by atoms with Gasteiger partial charge in [-0.15, -0.1) is 0 Å². The van der Waals surface area contributed by atoms with Crippen LogP contribution in [-0.2, 0) is 33.4 Å². The molecule has 0 aliphatic carbocycles. The van der Waals surface area contributed by atoms with Crippen LogP contribution < -0.4 is 10.6 Å². The summed E-state index contributed by atoms with van der Waals surface area (Å²) in [6.45, 7) is 15.1. The summed E-state index contributed by atoms with van der Waals surface area (Å²) in [4.78, 5) is 63.8. The van der Waals surface area contributed by atoms with E-state index in [2.05, 4.69) is 10.6 Å². The molecule has 36 heavy (non-hydrogen) atoms. The Morgan fingerprint density at radius 3 is 1.97 bits per heavy atom. The molecular formula is C25H41N3O8. The van der Waals surface area contributed by atoms with Crippen LogP contribution in [0.4, 0.5) is 4.79 Å². The molecule has 0 aromatic rings. The monoisotopic (exact) mass is 511 g/mol. The Morgan fingerprint density at radius 1 is 0.889 bits per heavy atom. The van der Waals surface area contributed by atoms with Gasteiger partial charge in [-0.1, -0.05) is 12.2 Å². The van der Waals surface area contributed by atoms with Gasteiger partial charge in [-0.3, -0.25) is 14.4 Å². The summed E-state index contributed by atoms with van der Waals surface area (Å²) in [6.07, 6.45) is 2.25. The van der Waals surface area contributed by atoms with Crippen LogP contribution in [0.1, 0.15) is 75.2 Å². The average molecular weight is 512 g/mol. The van der Waals surface area contributed by atoms with Crippen LogP contribution in [0.2, 0.25) is 0 Å². The lowest BCUT2D eigenvalue weighted by Crippen LogP contribution is -2.53. The summed E-state index contributed by atoms with van der Waals surface area (Å²) in [7, 11) is 0. The third-order valence-corrected chi connectivity index (χ3v) is 4.39. The van der Waals surface area contributed by atoms with Crippen molar-refractivity contribution >= 4 is 29.8 Å². The maximum Gasteiger partial charge on any atom is 0.408 e. The van der Waals surface area contributed by atoms with Gasteiger partial charge in [0.05, 0.1) is 0 Å². The van der Waals surface area contributed by atoms with E-state index in [0.29, 0.717) is 0 Å². The highest BCUT2D eigenvalue weighted by Crippen LogP contribution is 2.16. The van der Waals surface area contributed by atoms with E-state index < -0.39 is 58.7 Å². The Labute approximate surface area is 213 Å². The number of esters is 2. The third kappa shape index (κ3) is 12.0. The fourth-order valence-corrected chi connectivity index (χ4v) is 3.10. The van der Waals surface area contributed by atoms with Crippen molar-refractivity contribution in [2.24, 2.45) is 0 Å². The van der Waals surface area contributed by atoms with Crippen LogP contribution in [-0.4, -0.2) is 76.7 Å². The molecule has 11 nitrogen and oxygen atoms in total. The van der Waals surface area contributed by atoms with Gasteiger partial charge in [-0.2, -0.15) is 0 Å². The molecule has 11 heteroatoms. The van der Waals surface area contributed by atoms with E-state index in [0.717, 1.165) is 0 Å². The second-order valence-electron chi connectivity index (χ2n) is 11.5. The smallest absolute Gasteiger partial charge is 0.408 e. The molecule has 0 aromatic heterocycles. The summed E-state index contributed by atoms with van der Waals surface area (Å²) < 4.78 is 15.8. The summed E-state index contributed by atoms with van der Waals surface area (Å²) >= 11 is 0. The van der Waals surface area contributed by atoms with Gasteiger partial charge in [-0.25, -0.2) is 9.59 Å². The number of rotatable bonds is 8. The number of nitrogens with one attached hydrogen (secondary N) is 2. The van der Waals surface area contributed by atoms with Crippen molar-refractivity contribution in [3.8, 4) is 0 Å². The Hall–Kier alpha value is -3.11. The zero-order valence-corrected chi connectivity index (χ0v) is 22.9. The Bertz CT molecular complexity index is 862. The predicted octanol–water partition coefficient (Wildman–Crippen LogP) is 2.23. The van der Waals surface area contributed by atoms with Gasteiger partial charge in [0.15, 0.2) is 0 Å². The summed E-state index contributed by atoms with van der Waals surface area (Å²) in [5, 5.41) is 4.98. The van der Waals surface area contributed by atoms with Gasteiger partial charge in [-0.05, 0) is 68.7 Å². The van der Waals surface area contributed by atoms with Crippen LogP contribution in [0.5, 0.6) is 0 Å². The quantitative estimate of drug-likeness (QED) is 0.287. The van der Waals surface area contributed by atoms with Crippen LogP contribution in [0.25, 0.3) is 0 Å². The zero-order chi connectivity index (χ0) is 27.9. The van der Waals surface area contributed by atoms with Gasteiger partial charge < -0.3 is 29.7 Å². The minimum atomic E-state index is -1.13. The number of carbonyl (C=O) groups is 5. The van der Waals surface area contributed by atoms with Crippen LogP contribution in [0.15, 0.2) is 12.2 Å². The van der Waals surface area contributed by atoms with E-state index in [-0.39, 0.29) is 25.9 Å². The first-order chi connectivity index (χ1) is 16.3. The predicted molar refractivity (Wildman–Crippen MR) is 132 cm³/mol. The first kappa shape index (κ1) is 30.9. The van der Waals surface area contributed by atoms with Gasteiger partial charge in [0, 0.05) is 13.0 Å². The minimum absolute atomic E-state index is 0.0415. The third-order valence-electron chi connectivity index (χ3n) is 4.39. The lowest BCUT2D eigenvalue weighted by Gasteiger charge is -2.28. The molecule has 0 unspecified atom stereocenters. The van der Waals surface area contributed by atoms with Crippen molar-refractivity contribution in [1.82, 2.24) is 15.5 Å². The summed E-state index contributed by atoms with van der Waals surface area (Å²) in [6, 6.07) is -2.13. The highest BCUT2D eigenvalue weighted by Gasteiger charge is 2.35. The lowest BCUT2D eigenvalue weighted by atomic mass is 10.1. The average Bonchev–Trinajstić information content (AvgIpc) is 3.15. The molecule has 2 atom stereocenters. The fraction of sp³-hybridized carbons (Fsp3) is 0.720. The topological polar surface area (TPSA) is 140 Å². The van der Waals surface area contributed by atoms with E-state index in [1.807, 2.05) is 0 Å². The molecule has 0 radical (unpaired) electrons. The lowest BCUT2D eigenvalue weighted by molar-refractivity contribution is -0.160. The second-order valence-corrected chi connectivity index (χ2v) is 11.5. The Morgan fingerprint density at radius 2 is 1.44 bits per heavy atom. The molecule has 0 spiro atoms. The normalized spacial score (nSPS) is 16.7. The molecule has 1 aliphatic heterocycles. The molecule has 1 rings (SSSR count). The molecular weight excluding hydrogens is 470 g/mol. The van der Waals surface area contributed by atoms with Crippen LogP contribution >= 0.6 is 0 Å². The van der Waals surface area contributed by atoms with E-state index in [9.17, 15) is 24.0 Å². The number of alkyl carbamates (subject to hydrolysis) is 1. The van der Waals surface area contributed by atoms with Crippen molar-refractivity contribution < 1.29 is 38.2 Å². The molecule has 1 aliphatic rings. The summed E-state index contributed by atoms with van der Waals surface area (Å²) in [5.74, 6) is -2.34. The SMILES string of the molecule is CC(C)(C)OC(=O)CC[C@H](NC(=O)[C@@H]1C=CCN1C(=O)CNC(=O)OC(C)(C)C)C(=O)OC(C)(C)C. The van der Waals surface area contributed by atoms with Crippen molar-refractivity contribution in [2.45, 2.75) is 104 Å². The molecule has 1 heterocycles. The first-order valence-corrected chi connectivity index (χ1v) is 12.0. The van der Waals surface area contributed by atoms with Crippen molar-refractivity contribution in [3.05, 3.63) is 12.2 Å². The number of hydrogen-bond acceptors (Lipinski definition) is 8. The largest absolute Gasteiger partial charge is 0.460 e. The van der Waals surface area contributed by atoms with E-state index >= 15 is 0 Å². The van der Waals surface area contributed by atoms with Crippen molar-refractivity contribution in [2.75, 3.05) is 13.1 Å². The van der Waals surface area contributed by atoms with Crippen molar-refractivity contribution in [1.29, 1.82) is 0 Å². The highest BCUT2D eigenvalue weighted by molar-refractivity contribution is 5.94. The molecule has 0 saturated heterocycles. The molecule has 0 aromatic carbocycles. The molecule has 0 fully saturated rings. The van der Waals surface area contributed by atoms with E-state index in [4.69, 9.17) is 14.2 Å². The highest BCUT2D eigenvalue weighted by atomic mass is 16.6. The summed E-state index contributed by atoms with van der Waals surface area (Å²) in [5.41, 5.74) is -2.22. The number of hydrogen-bond donors (Lipinski definition) is 2. The standard InChI is InChI=1S/C25H41N3O8/c1-23(2,3)34-19(30)13-12-16(21(32)35-24(4,5)6)27-20(31)17-11-10-14-28(17)18(29)15-26-22(33)36-25(7,8)9/h10-11,16-17H,12-15H2,1-9H3,(H,26,33)(H,27,31)/t16-,17-/m0/s1. The Kier molecular flexibility index (Phi) is 10.5. The fourth-order valence-electron chi connectivity index (χ4n) is 3.10. The Balaban J connectivity index is 2.85. The molecule has 0 bridgehead atoms. The molecule has 2 N–H and O–H groups in total. The van der Waals surface area contributed by atoms with Crippen LogP contribution in [0.3, 0.4) is 0 Å². The maximum absolute atomic E-state index is 13.0. The number of carbonyl (C=O) groups excluding carboxylic acids is 5. The number of ether oxygens (including phenoxy) is 3. The van der Waals surface area contributed by atoms with E-state index in [1.54, 1.807) is 68.4 Å². The zero-order valence-electron chi connectivity index (χ0n) is 22.9. The molecule has 204 valence electrons. The van der Waals surface area contributed by atoms with Crippen LogP contribution in [0, 0.1) is 0 Å². The maximum atomic E-state index is 13.0. The van der Waals surface area contributed by atoms with Gasteiger partial charge in [0.1, 0.15) is 35.4 Å². The minimum Gasteiger partial charge on any atom is -0.460 e. The molecule has 0 saturated carbocycles. The van der Waals surface area contributed by atoms with Gasteiger partial charge in [0.25, 0.3) is 0 Å². The second kappa shape index (κ2) is 12.2. The number of nitrogens with zero attached hydrogens (tertiary/aromatic N) is 1. The number of amides is 3. The first-order valence-electron chi connectivity index (χ1n) is 12.0. The van der Waals surface area contributed by atoms with Gasteiger partial charge >= 0.3 is 18.0 Å². The van der Waals surface area contributed by atoms with Gasteiger partial charge in [0.2, 0.25) is 11.8 Å². The van der Waals surface area contributed by atoms with Crippen molar-refractivity contribution in [3.63, 3.8) is 0 Å². The molecule has 3 amide bonds. The van der Waals surface area contributed by atoms with E-state index in [1.165, 1.54) is 11.0 Å².